The first-order chi connectivity index (χ1) is 12.3. The van der Waals surface area contributed by atoms with Crippen LogP contribution in [0, 0.1) is 5.92 Å². The van der Waals surface area contributed by atoms with E-state index < -0.39 is 0 Å². The Balaban J connectivity index is 1.41. The number of nitrogens with one attached hydrogen (secondary N) is 1. The van der Waals surface area contributed by atoms with Crippen LogP contribution in [0.5, 0.6) is 0 Å². The van der Waals surface area contributed by atoms with Gasteiger partial charge >= 0.3 is 0 Å². The topological polar surface area (TPSA) is 45.2 Å². The molecule has 0 saturated carbocycles. The highest BCUT2D eigenvalue weighted by Gasteiger charge is 2.22. The molecule has 25 heavy (non-hydrogen) atoms. The minimum atomic E-state index is 0.0168. The maximum absolute atomic E-state index is 12.7. The summed E-state index contributed by atoms with van der Waals surface area (Å²) in [7, 11) is 0. The number of fused-ring (bicyclic) bond motifs is 1. The lowest BCUT2D eigenvalue weighted by molar-refractivity contribution is 0.0947. The second-order valence-electron chi connectivity index (χ2n) is 6.51. The van der Waals surface area contributed by atoms with Crippen LogP contribution in [0.2, 0.25) is 0 Å². The number of carbonyl (C=O) groups excluding carboxylic acids is 1. The minimum absolute atomic E-state index is 0.0168. The number of anilines is 1. The van der Waals surface area contributed by atoms with Crippen molar-refractivity contribution in [3.63, 3.8) is 0 Å². The molecule has 1 fully saturated rings. The molecule has 1 amide bonds. The predicted molar refractivity (Wildman–Crippen MR) is 103 cm³/mol. The minimum Gasteiger partial charge on any atom is -0.352 e. The van der Waals surface area contributed by atoms with Crippen LogP contribution >= 0.6 is 11.3 Å². The normalized spacial score (nSPS) is 17.6. The van der Waals surface area contributed by atoms with Crippen molar-refractivity contribution in [3.05, 3.63) is 59.6 Å². The number of aromatic nitrogens is 1. The number of amides is 1. The van der Waals surface area contributed by atoms with Gasteiger partial charge in [0.15, 0.2) is 5.13 Å². The number of piperidine rings is 1. The lowest BCUT2D eigenvalue weighted by Crippen LogP contribution is -2.41. The lowest BCUT2D eigenvalue weighted by Gasteiger charge is -2.32. The summed E-state index contributed by atoms with van der Waals surface area (Å²) in [6.07, 6.45) is 4.15. The Bertz CT molecular complexity index is 857. The summed E-state index contributed by atoms with van der Waals surface area (Å²) in [5, 5.41) is 8.36. The van der Waals surface area contributed by atoms with Gasteiger partial charge in [0.2, 0.25) is 0 Å². The molecule has 0 unspecified atom stereocenters. The van der Waals surface area contributed by atoms with Gasteiger partial charge in [-0.2, -0.15) is 0 Å². The number of thiazole rings is 1. The zero-order valence-electron chi connectivity index (χ0n) is 14.0. The lowest BCUT2D eigenvalue weighted by atomic mass is 9.98. The molecular weight excluding hydrogens is 330 g/mol. The van der Waals surface area contributed by atoms with Gasteiger partial charge in [-0.25, -0.2) is 4.98 Å². The van der Waals surface area contributed by atoms with E-state index in [1.165, 1.54) is 0 Å². The Morgan fingerprint density at radius 2 is 2.12 bits per heavy atom. The zero-order chi connectivity index (χ0) is 17.1. The fourth-order valence-electron chi connectivity index (χ4n) is 3.53. The summed E-state index contributed by atoms with van der Waals surface area (Å²) in [4.78, 5) is 19.4. The van der Waals surface area contributed by atoms with Gasteiger partial charge in [0.05, 0.1) is 0 Å². The highest BCUT2D eigenvalue weighted by molar-refractivity contribution is 7.13. The molecule has 1 saturated heterocycles. The third-order valence-corrected chi connectivity index (χ3v) is 5.63. The van der Waals surface area contributed by atoms with Crippen LogP contribution in [-0.4, -0.2) is 30.5 Å². The largest absolute Gasteiger partial charge is 0.352 e. The van der Waals surface area contributed by atoms with E-state index in [2.05, 4.69) is 15.2 Å². The SMILES string of the molecule is O=C(NC[C@H]1CCCN(c2nccs2)C1)c1cccc2ccccc12. The van der Waals surface area contributed by atoms with Gasteiger partial charge < -0.3 is 10.2 Å². The van der Waals surface area contributed by atoms with Crippen LogP contribution in [-0.2, 0) is 0 Å². The molecule has 1 aliphatic heterocycles. The Morgan fingerprint density at radius 3 is 3.00 bits per heavy atom. The Hall–Kier alpha value is -2.40. The van der Waals surface area contributed by atoms with Crippen molar-refractivity contribution in [2.75, 3.05) is 24.5 Å². The molecule has 2 heterocycles. The maximum Gasteiger partial charge on any atom is 0.251 e. The smallest absolute Gasteiger partial charge is 0.251 e. The molecule has 0 bridgehead atoms. The van der Waals surface area contributed by atoms with Crippen molar-refractivity contribution in [1.29, 1.82) is 0 Å². The van der Waals surface area contributed by atoms with Gasteiger partial charge in [-0.05, 0) is 35.6 Å². The van der Waals surface area contributed by atoms with Gasteiger partial charge in [0, 0.05) is 36.8 Å². The second kappa shape index (κ2) is 7.23. The molecule has 4 rings (SSSR count). The third kappa shape index (κ3) is 3.51. The van der Waals surface area contributed by atoms with Crippen molar-refractivity contribution in [3.8, 4) is 0 Å². The van der Waals surface area contributed by atoms with E-state index in [1.807, 2.05) is 54.0 Å². The molecule has 2 aromatic carbocycles. The van der Waals surface area contributed by atoms with Gasteiger partial charge in [-0.1, -0.05) is 36.4 Å². The van der Waals surface area contributed by atoms with Crippen LogP contribution in [0.25, 0.3) is 10.8 Å². The number of carbonyl (C=O) groups is 1. The van der Waals surface area contributed by atoms with Crippen LogP contribution in [0.15, 0.2) is 54.0 Å². The molecule has 128 valence electrons. The van der Waals surface area contributed by atoms with Crippen LogP contribution < -0.4 is 10.2 Å². The molecule has 0 radical (unpaired) electrons. The Labute approximate surface area is 151 Å². The number of hydrogen-bond donors (Lipinski definition) is 1. The summed E-state index contributed by atoms with van der Waals surface area (Å²) < 4.78 is 0. The highest BCUT2D eigenvalue weighted by Crippen LogP contribution is 2.24. The van der Waals surface area contributed by atoms with Gasteiger partial charge in [-0.3, -0.25) is 4.79 Å². The Morgan fingerprint density at radius 1 is 1.24 bits per heavy atom. The zero-order valence-corrected chi connectivity index (χ0v) is 14.8. The van der Waals surface area contributed by atoms with Crippen LogP contribution in [0.3, 0.4) is 0 Å². The standard InChI is InChI=1S/C20H21N3OS/c24-19(18-9-3-7-16-6-1-2-8-17(16)18)22-13-15-5-4-11-23(14-15)20-21-10-12-25-20/h1-3,6-10,12,15H,4-5,11,13-14H2,(H,22,24)/t15-/m1/s1. The van der Waals surface area contributed by atoms with Crippen LogP contribution in [0.1, 0.15) is 23.2 Å². The third-order valence-electron chi connectivity index (χ3n) is 4.79. The maximum atomic E-state index is 12.7. The molecule has 4 nitrogen and oxygen atoms in total. The van der Waals surface area contributed by atoms with Crippen molar-refractivity contribution in [2.24, 2.45) is 5.92 Å². The fraction of sp³-hybridized carbons (Fsp3) is 0.300. The monoisotopic (exact) mass is 351 g/mol. The summed E-state index contributed by atoms with van der Waals surface area (Å²) >= 11 is 1.68. The molecule has 5 heteroatoms. The molecular formula is C20H21N3OS. The van der Waals surface area contributed by atoms with Crippen molar-refractivity contribution >= 4 is 33.1 Å². The highest BCUT2D eigenvalue weighted by atomic mass is 32.1. The average molecular weight is 351 g/mol. The van der Waals surface area contributed by atoms with E-state index in [1.54, 1.807) is 11.3 Å². The van der Waals surface area contributed by atoms with E-state index in [9.17, 15) is 4.79 Å². The summed E-state index contributed by atoms with van der Waals surface area (Å²) in [5.74, 6) is 0.486. The van der Waals surface area contributed by atoms with E-state index in [0.717, 1.165) is 47.4 Å². The Kier molecular flexibility index (Phi) is 4.65. The van der Waals surface area contributed by atoms with Gasteiger partial charge in [-0.15, -0.1) is 11.3 Å². The first-order valence-corrected chi connectivity index (χ1v) is 9.59. The van der Waals surface area contributed by atoms with Crippen LogP contribution in [0.4, 0.5) is 5.13 Å². The molecule has 1 aromatic heterocycles. The van der Waals surface area contributed by atoms with Gasteiger partial charge in [0.1, 0.15) is 0 Å². The first-order valence-electron chi connectivity index (χ1n) is 8.71. The van der Waals surface area contributed by atoms with E-state index in [4.69, 9.17) is 0 Å². The summed E-state index contributed by atoms with van der Waals surface area (Å²) in [6.45, 7) is 2.73. The fourth-order valence-corrected chi connectivity index (χ4v) is 4.21. The van der Waals surface area contributed by atoms with E-state index >= 15 is 0 Å². The van der Waals surface area contributed by atoms with Gasteiger partial charge in [0.25, 0.3) is 5.91 Å². The summed E-state index contributed by atoms with van der Waals surface area (Å²) in [5.41, 5.74) is 0.755. The molecule has 0 spiro atoms. The number of benzene rings is 2. The number of nitrogens with zero attached hydrogens (tertiary/aromatic N) is 2. The van der Waals surface area contributed by atoms with Crippen molar-refractivity contribution in [1.82, 2.24) is 10.3 Å². The van der Waals surface area contributed by atoms with E-state index in [-0.39, 0.29) is 5.91 Å². The summed E-state index contributed by atoms with van der Waals surface area (Å²) in [6, 6.07) is 13.9. The van der Waals surface area contributed by atoms with Crippen molar-refractivity contribution in [2.45, 2.75) is 12.8 Å². The average Bonchev–Trinajstić information content (AvgIpc) is 3.21. The molecule has 1 aliphatic rings. The number of rotatable bonds is 4. The quantitative estimate of drug-likeness (QED) is 0.774. The molecule has 1 atom stereocenters. The molecule has 0 aliphatic carbocycles. The molecule has 3 aromatic rings. The number of hydrogen-bond acceptors (Lipinski definition) is 4. The first kappa shape index (κ1) is 16.1. The van der Waals surface area contributed by atoms with Crippen molar-refractivity contribution < 1.29 is 4.79 Å². The second-order valence-corrected chi connectivity index (χ2v) is 7.38. The predicted octanol–water partition coefficient (Wildman–Crippen LogP) is 3.94. The molecule has 1 N–H and O–H groups in total. The van der Waals surface area contributed by atoms with E-state index in [0.29, 0.717) is 12.5 Å².